The summed E-state index contributed by atoms with van der Waals surface area (Å²) in [7, 11) is 1.65. The first-order valence-corrected chi connectivity index (χ1v) is 5.31. The normalized spacial score (nSPS) is 14.9. The second-order valence-corrected chi connectivity index (χ2v) is 4.01. The van der Waals surface area contributed by atoms with Gasteiger partial charge in [0.1, 0.15) is 0 Å². The summed E-state index contributed by atoms with van der Waals surface area (Å²) in [5, 5.41) is 10.5. The van der Waals surface area contributed by atoms with Crippen LogP contribution < -0.4 is 0 Å². The van der Waals surface area contributed by atoms with Crippen molar-refractivity contribution in [1.29, 1.82) is 0 Å². The van der Waals surface area contributed by atoms with E-state index in [1.165, 1.54) is 0 Å². The van der Waals surface area contributed by atoms with Crippen molar-refractivity contribution in [3.05, 3.63) is 29.0 Å². The topological polar surface area (TPSA) is 42.4 Å². The number of aliphatic hydroxyl groups excluding tert-OH is 1. The number of pyridine rings is 1. The molecule has 1 N–H and O–H groups in total. The molecule has 0 saturated heterocycles. The van der Waals surface area contributed by atoms with Crippen LogP contribution in [0, 0.1) is 5.92 Å². The number of rotatable bonds is 5. The Bertz CT molecular complexity index is 306. The van der Waals surface area contributed by atoms with Crippen molar-refractivity contribution in [3.63, 3.8) is 0 Å². The molecule has 1 aromatic rings. The van der Waals surface area contributed by atoms with Crippen LogP contribution in [0.3, 0.4) is 0 Å². The van der Waals surface area contributed by atoms with Crippen LogP contribution in [0.25, 0.3) is 0 Å². The first-order chi connectivity index (χ1) is 7.16. The van der Waals surface area contributed by atoms with Gasteiger partial charge in [-0.2, -0.15) is 0 Å². The van der Waals surface area contributed by atoms with Crippen LogP contribution in [0.1, 0.15) is 25.0 Å². The van der Waals surface area contributed by atoms with Crippen molar-refractivity contribution in [1.82, 2.24) is 4.98 Å². The summed E-state index contributed by atoms with van der Waals surface area (Å²) < 4.78 is 4.97. The summed E-state index contributed by atoms with van der Waals surface area (Å²) in [4.78, 5) is 3.88. The molecule has 0 aliphatic rings. The molecule has 15 heavy (non-hydrogen) atoms. The molecule has 0 radical (unpaired) electrons. The van der Waals surface area contributed by atoms with Gasteiger partial charge in [0.15, 0.2) is 0 Å². The Labute approximate surface area is 95.1 Å². The largest absolute Gasteiger partial charge is 0.388 e. The standard InChI is InChI=1S/C11H16ClNO2/c1-8(4-6-15-2)11(14)9-3-5-13-7-10(9)12/h3,5,7-8,11,14H,4,6H2,1-2H3. The number of nitrogens with zero attached hydrogens (tertiary/aromatic N) is 1. The Balaban J connectivity index is 2.67. The van der Waals surface area contributed by atoms with Gasteiger partial charge >= 0.3 is 0 Å². The lowest BCUT2D eigenvalue weighted by atomic mass is 9.95. The Morgan fingerprint density at radius 2 is 2.33 bits per heavy atom. The number of methoxy groups -OCH3 is 1. The van der Waals surface area contributed by atoms with E-state index in [0.29, 0.717) is 11.6 Å². The fourth-order valence-electron chi connectivity index (χ4n) is 1.39. The van der Waals surface area contributed by atoms with Crippen molar-refractivity contribution in [3.8, 4) is 0 Å². The summed E-state index contributed by atoms with van der Waals surface area (Å²) in [6, 6.07) is 1.75. The maximum atomic E-state index is 10.0. The molecule has 1 aromatic heterocycles. The van der Waals surface area contributed by atoms with Crippen LogP contribution in [0.15, 0.2) is 18.5 Å². The SMILES string of the molecule is COCCC(C)C(O)c1ccncc1Cl. The number of aliphatic hydroxyl groups is 1. The number of aromatic nitrogens is 1. The zero-order chi connectivity index (χ0) is 11.3. The van der Waals surface area contributed by atoms with Gasteiger partial charge in [0.2, 0.25) is 0 Å². The molecule has 4 heteroatoms. The van der Waals surface area contributed by atoms with Crippen LogP contribution in [-0.2, 0) is 4.74 Å². The van der Waals surface area contributed by atoms with Crippen molar-refractivity contribution >= 4 is 11.6 Å². The quantitative estimate of drug-likeness (QED) is 0.844. The number of ether oxygens (including phenoxy) is 1. The molecule has 1 heterocycles. The molecule has 0 spiro atoms. The molecule has 0 aromatic carbocycles. The summed E-state index contributed by atoms with van der Waals surface area (Å²) in [5.74, 6) is 0.116. The highest BCUT2D eigenvalue weighted by atomic mass is 35.5. The smallest absolute Gasteiger partial charge is 0.0831 e. The van der Waals surface area contributed by atoms with Crippen molar-refractivity contribution in [2.24, 2.45) is 5.92 Å². The zero-order valence-corrected chi connectivity index (χ0v) is 9.74. The molecule has 3 nitrogen and oxygen atoms in total. The minimum absolute atomic E-state index is 0.116. The lowest BCUT2D eigenvalue weighted by molar-refractivity contribution is 0.0886. The highest BCUT2D eigenvalue weighted by molar-refractivity contribution is 6.31. The number of hydrogen-bond donors (Lipinski definition) is 1. The summed E-state index contributed by atoms with van der Waals surface area (Å²) in [6.07, 6.45) is 3.42. The van der Waals surface area contributed by atoms with Crippen LogP contribution >= 0.6 is 11.6 Å². The Morgan fingerprint density at radius 1 is 1.60 bits per heavy atom. The van der Waals surface area contributed by atoms with E-state index in [0.717, 1.165) is 12.0 Å². The summed E-state index contributed by atoms with van der Waals surface area (Å²) >= 11 is 5.94. The Hall–Kier alpha value is -0.640. The van der Waals surface area contributed by atoms with Gasteiger partial charge in [-0.25, -0.2) is 0 Å². The fourth-order valence-corrected chi connectivity index (χ4v) is 1.63. The van der Waals surface area contributed by atoms with Gasteiger partial charge in [-0.3, -0.25) is 4.98 Å². The summed E-state index contributed by atoms with van der Waals surface area (Å²) in [6.45, 7) is 2.61. The van der Waals surface area contributed by atoms with Gasteiger partial charge in [0.05, 0.1) is 11.1 Å². The molecular formula is C11H16ClNO2. The monoisotopic (exact) mass is 229 g/mol. The fraction of sp³-hybridized carbons (Fsp3) is 0.545. The van der Waals surface area contributed by atoms with Gasteiger partial charge in [-0.1, -0.05) is 18.5 Å². The van der Waals surface area contributed by atoms with E-state index in [2.05, 4.69) is 4.98 Å². The predicted molar refractivity (Wildman–Crippen MR) is 59.9 cm³/mol. The van der Waals surface area contributed by atoms with E-state index in [4.69, 9.17) is 16.3 Å². The minimum Gasteiger partial charge on any atom is -0.388 e. The summed E-state index contributed by atoms with van der Waals surface area (Å²) in [5.41, 5.74) is 0.732. The van der Waals surface area contributed by atoms with Crippen molar-refractivity contribution < 1.29 is 9.84 Å². The van der Waals surface area contributed by atoms with Crippen LogP contribution in [0.2, 0.25) is 5.02 Å². The van der Waals surface area contributed by atoms with Gasteiger partial charge in [-0.15, -0.1) is 0 Å². The third kappa shape index (κ3) is 3.45. The Morgan fingerprint density at radius 3 is 2.93 bits per heavy atom. The lowest BCUT2D eigenvalue weighted by Gasteiger charge is -2.19. The molecule has 0 bridgehead atoms. The van der Waals surface area contributed by atoms with Crippen molar-refractivity contribution in [2.75, 3.05) is 13.7 Å². The predicted octanol–water partition coefficient (Wildman–Crippen LogP) is 2.44. The number of halogens is 1. The van der Waals surface area contributed by atoms with E-state index >= 15 is 0 Å². The molecule has 0 fully saturated rings. The average Bonchev–Trinajstić information content (AvgIpc) is 2.25. The Kier molecular flexibility index (Phi) is 5.02. The molecular weight excluding hydrogens is 214 g/mol. The zero-order valence-electron chi connectivity index (χ0n) is 8.98. The van der Waals surface area contributed by atoms with Crippen molar-refractivity contribution in [2.45, 2.75) is 19.4 Å². The van der Waals surface area contributed by atoms with Crippen LogP contribution in [0.5, 0.6) is 0 Å². The second-order valence-electron chi connectivity index (χ2n) is 3.60. The molecule has 0 amide bonds. The molecule has 0 saturated carbocycles. The van der Waals surface area contributed by atoms with E-state index in [1.807, 2.05) is 6.92 Å². The van der Waals surface area contributed by atoms with Crippen LogP contribution in [0.4, 0.5) is 0 Å². The maximum Gasteiger partial charge on any atom is 0.0831 e. The first kappa shape index (κ1) is 12.4. The first-order valence-electron chi connectivity index (χ1n) is 4.93. The molecule has 0 aliphatic carbocycles. The third-order valence-electron chi connectivity index (χ3n) is 2.44. The lowest BCUT2D eigenvalue weighted by Crippen LogP contribution is -2.12. The van der Waals surface area contributed by atoms with Gasteiger partial charge in [-0.05, 0) is 18.4 Å². The molecule has 2 unspecified atom stereocenters. The molecule has 2 atom stereocenters. The number of hydrogen-bond acceptors (Lipinski definition) is 3. The van der Waals surface area contributed by atoms with Gasteiger partial charge in [0, 0.05) is 31.7 Å². The van der Waals surface area contributed by atoms with Crippen LogP contribution in [-0.4, -0.2) is 23.8 Å². The van der Waals surface area contributed by atoms with E-state index in [-0.39, 0.29) is 5.92 Å². The van der Waals surface area contributed by atoms with Gasteiger partial charge in [0.25, 0.3) is 0 Å². The van der Waals surface area contributed by atoms with E-state index in [1.54, 1.807) is 25.6 Å². The minimum atomic E-state index is -0.560. The second kappa shape index (κ2) is 6.05. The molecule has 84 valence electrons. The highest BCUT2D eigenvalue weighted by Gasteiger charge is 2.18. The van der Waals surface area contributed by atoms with Gasteiger partial charge < -0.3 is 9.84 Å². The third-order valence-corrected chi connectivity index (χ3v) is 2.75. The van der Waals surface area contributed by atoms with E-state index < -0.39 is 6.10 Å². The molecule has 0 aliphatic heterocycles. The highest BCUT2D eigenvalue weighted by Crippen LogP contribution is 2.28. The maximum absolute atomic E-state index is 10.0. The average molecular weight is 230 g/mol. The molecule has 1 rings (SSSR count). The van der Waals surface area contributed by atoms with E-state index in [9.17, 15) is 5.11 Å².